The van der Waals surface area contributed by atoms with Gasteiger partial charge in [-0.15, -0.1) is 10.2 Å². The lowest BCUT2D eigenvalue weighted by molar-refractivity contribution is 0.425. The van der Waals surface area contributed by atoms with Crippen LogP contribution < -0.4 is 5.32 Å². The number of hydrogen-bond donors (Lipinski definition) is 1. The summed E-state index contributed by atoms with van der Waals surface area (Å²) in [6.45, 7) is 1.72. The van der Waals surface area contributed by atoms with Gasteiger partial charge in [0.1, 0.15) is 5.82 Å². The largest absolute Gasteiger partial charge is 0.354 e. The molecule has 4 rings (SSSR count). The first-order valence-electron chi connectivity index (χ1n) is 8.77. The van der Waals surface area contributed by atoms with E-state index in [0.717, 1.165) is 41.4 Å². The minimum atomic E-state index is 0.713. The van der Waals surface area contributed by atoms with Gasteiger partial charge in [-0.1, -0.05) is 42.5 Å². The molecule has 1 N–H and O–H groups in total. The van der Waals surface area contributed by atoms with Gasteiger partial charge in [0.05, 0.1) is 5.52 Å². The molecule has 2 aromatic carbocycles. The molecule has 0 saturated heterocycles. The fourth-order valence-corrected chi connectivity index (χ4v) is 3.04. The van der Waals surface area contributed by atoms with E-state index in [9.17, 15) is 0 Å². The van der Waals surface area contributed by atoms with Crippen molar-refractivity contribution in [3.8, 4) is 0 Å². The predicted octanol–water partition coefficient (Wildman–Crippen LogP) is 2.84. The second kappa shape index (κ2) is 7.09. The van der Waals surface area contributed by atoms with Crippen LogP contribution in [0.1, 0.15) is 11.4 Å². The fourth-order valence-electron chi connectivity index (χ4n) is 3.04. The molecule has 6 heteroatoms. The predicted molar refractivity (Wildman–Crippen MR) is 105 cm³/mol. The number of fused-ring (bicyclic) bond motifs is 3. The number of aromatic nitrogens is 4. The Morgan fingerprint density at radius 1 is 0.962 bits per heavy atom. The van der Waals surface area contributed by atoms with Gasteiger partial charge in [0.15, 0.2) is 5.65 Å². The van der Waals surface area contributed by atoms with Crippen molar-refractivity contribution in [2.45, 2.75) is 6.42 Å². The summed E-state index contributed by atoms with van der Waals surface area (Å²) in [4.78, 5) is 6.97. The van der Waals surface area contributed by atoms with Crippen LogP contribution in [0.4, 0.5) is 5.95 Å². The van der Waals surface area contributed by atoms with Crippen LogP contribution in [0.5, 0.6) is 0 Å². The Kier molecular flexibility index (Phi) is 4.50. The summed E-state index contributed by atoms with van der Waals surface area (Å²) in [5, 5.41) is 13.4. The topological polar surface area (TPSA) is 58.3 Å². The van der Waals surface area contributed by atoms with Crippen molar-refractivity contribution in [1.82, 2.24) is 24.5 Å². The van der Waals surface area contributed by atoms with Crippen LogP contribution in [-0.2, 0) is 6.42 Å². The van der Waals surface area contributed by atoms with Gasteiger partial charge in [0, 0.05) is 24.9 Å². The number of para-hydroxylation sites is 1. The molecule has 2 aromatic heterocycles. The molecule has 0 spiro atoms. The van der Waals surface area contributed by atoms with Gasteiger partial charge in [0.25, 0.3) is 0 Å². The van der Waals surface area contributed by atoms with E-state index in [1.54, 1.807) is 0 Å². The highest BCUT2D eigenvalue weighted by molar-refractivity contribution is 5.92. The molecule has 0 aliphatic carbocycles. The molecule has 0 saturated carbocycles. The average molecular weight is 346 g/mol. The fraction of sp³-hybridized carbons (Fsp3) is 0.250. The molecule has 0 aliphatic heterocycles. The third-order valence-corrected chi connectivity index (χ3v) is 4.36. The molecule has 0 fully saturated rings. The Bertz CT molecular complexity index is 1020. The number of rotatable bonds is 6. The second-order valence-corrected chi connectivity index (χ2v) is 6.62. The summed E-state index contributed by atoms with van der Waals surface area (Å²) < 4.78 is 2.05. The van der Waals surface area contributed by atoms with Gasteiger partial charge in [-0.05, 0) is 31.8 Å². The zero-order valence-corrected chi connectivity index (χ0v) is 15.1. The maximum Gasteiger partial charge on any atom is 0.210 e. The van der Waals surface area contributed by atoms with Crippen molar-refractivity contribution in [2.24, 2.45) is 0 Å². The summed E-state index contributed by atoms with van der Waals surface area (Å²) in [5.41, 5.74) is 2.97. The third-order valence-electron chi connectivity index (χ3n) is 4.36. The monoisotopic (exact) mass is 346 g/mol. The number of likely N-dealkylation sites (N-methyl/N-ethyl adjacent to an activating group) is 1. The molecule has 0 unspecified atom stereocenters. The Balaban J connectivity index is 1.81. The van der Waals surface area contributed by atoms with E-state index in [4.69, 9.17) is 4.98 Å². The van der Waals surface area contributed by atoms with Crippen molar-refractivity contribution >= 4 is 22.5 Å². The van der Waals surface area contributed by atoms with E-state index in [1.165, 1.54) is 5.56 Å². The highest BCUT2D eigenvalue weighted by Crippen LogP contribution is 2.22. The van der Waals surface area contributed by atoms with Gasteiger partial charge in [0.2, 0.25) is 5.95 Å². The van der Waals surface area contributed by atoms with Crippen LogP contribution in [-0.4, -0.2) is 51.7 Å². The van der Waals surface area contributed by atoms with Crippen molar-refractivity contribution < 1.29 is 0 Å². The van der Waals surface area contributed by atoms with Gasteiger partial charge < -0.3 is 10.2 Å². The average Bonchev–Trinajstić information content (AvgIpc) is 3.06. The number of hydrogen-bond acceptors (Lipinski definition) is 5. The Labute approximate surface area is 152 Å². The van der Waals surface area contributed by atoms with Crippen molar-refractivity contribution in [3.05, 3.63) is 66.0 Å². The van der Waals surface area contributed by atoms with Crippen molar-refractivity contribution in [3.63, 3.8) is 0 Å². The number of nitrogens with zero attached hydrogens (tertiary/aromatic N) is 5. The van der Waals surface area contributed by atoms with E-state index in [2.05, 4.69) is 46.6 Å². The van der Waals surface area contributed by atoms with Crippen molar-refractivity contribution in [1.29, 1.82) is 0 Å². The van der Waals surface area contributed by atoms with Gasteiger partial charge in [-0.3, -0.25) is 0 Å². The molecule has 4 aromatic rings. The van der Waals surface area contributed by atoms with E-state index in [0.29, 0.717) is 6.42 Å². The van der Waals surface area contributed by atoms with Crippen LogP contribution in [0.3, 0.4) is 0 Å². The maximum absolute atomic E-state index is 4.83. The van der Waals surface area contributed by atoms with Gasteiger partial charge >= 0.3 is 0 Å². The third kappa shape index (κ3) is 3.23. The molecule has 26 heavy (non-hydrogen) atoms. The molecular weight excluding hydrogens is 324 g/mol. The lowest BCUT2D eigenvalue weighted by atomic mass is 10.1. The van der Waals surface area contributed by atoms with Crippen LogP contribution >= 0.6 is 0 Å². The van der Waals surface area contributed by atoms with Crippen LogP contribution in [0.15, 0.2) is 54.6 Å². The SMILES string of the molecule is CN(C)CCNc1nc2ccccc2c2nnc(Cc3ccccc3)n12. The molecule has 0 bridgehead atoms. The normalized spacial score (nSPS) is 11.5. The minimum Gasteiger partial charge on any atom is -0.354 e. The summed E-state index contributed by atoms with van der Waals surface area (Å²) in [6.07, 6.45) is 0.713. The highest BCUT2D eigenvalue weighted by atomic mass is 15.3. The molecule has 0 aliphatic rings. The van der Waals surface area contributed by atoms with Crippen LogP contribution in [0, 0.1) is 0 Å². The van der Waals surface area contributed by atoms with Crippen LogP contribution in [0.2, 0.25) is 0 Å². The molecule has 0 amide bonds. The first-order valence-corrected chi connectivity index (χ1v) is 8.77. The zero-order chi connectivity index (χ0) is 17.9. The Morgan fingerprint density at radius 2 is 1.73 bits per heavy atom. The number of anilines is 1. The lowest BCUT2D eigenvalue weighted by Crippen LogP contribution is -2.22. The van der Waals surface area contributed by atoms with Crippen LogP contribution in [0.25, 0.3) is 16.6 Å². The zero-order valence-electron chi connectivity index (χ0n) is 15.1. The lowest BCUT2D eigenvalue weighted by Gasteiger charge is -2.13. The maximum atomic E-state index is 4.83. The molecule has 0 atom stereocenters. The second-order valence-electron chi connectivity index (χ2n) is 6.62. The highest BCUT2D eigenvalue weighted by Gasteiger charge is 2.15. The Hall–Kier alpha value is -2.99. The minimum absolute atomic E-state index is 0.713. The quantitative estimate of drug-likeness (QED) is 0.582. The first kappa shape index (κ1) is 16.5. The number of nitrogens with one attached hydrogen (secondary N) is 1. The summed E-state index contributed by atoms with van der Waals surface area (Å²) in [6, 6.07) is 18.4. The summed E-state index contributed by atoms with van der Waals surface area (Å²) in [5.74, 6) is 1.67. The smallest absolute Gasteiger partial charge is 0.210 e. The number of benzene rings is 2. The summed E-state index contributed by atoms with van der Waals surface area (Å²) in [7, 11) is 4.12. The standard InChI is InChI=1S/C20H22N6/c1-25(2)13-12-21-20-22-17-11-7-6-10-16(17)19-24-23-18(26(19)20)14-15-8-4-3-5-9-15/h3-11H,12-14H2,1-2H3,(H,21,22). The molecule has 0 radical (unpaired) electrons. The van der Waals surface area contributed by atoms with E-state index in [-0.39, 0.29) is 0 Å². The van der Waals surface area contributed by atoms with Gasteiger partial charge in [-0.2, -0.15) is 0 Å². The molecule has 6 nitrogen and oxygen atoms in total. The molecule has 2 heterocycles. The van der Waals surface area contributed by atoms with E-state index in [1.807, 2.05) is 46.9 Å². The molecular formula is C20H22N6. The Morgan fingerprint density at radius 3 is 2.54 bits per heavy atom. The van der Waals surface area contributed by atoms with E-state index >= 15 is 0 Å². The molecule has 132 valence electrons. The van der Waals surface area contributed by atoms with Gasteiger partial charge in [-0.25, -0.2) is 9.38 Å². The van der Waals surface area contributed by atoms with E-state index < -0.39 is 0 Å². The van der Waals surface area contributed by atoms with Crippen molar-refractivity contribution in [2.75, 3.05) is 32.5 Å². The summed E-state index contributed by atoms with van der Waals surface area (Å²) >= 11 is 0. The first-order chi connectivity index (χ1) is 12.7.